The highest BCUT2D eigenvalue weighted by molar-refractivity contribution is 6.33. The summed E-state index contributed by atoms with van der Waals surface area (Å²) in [6.45, 7) is 10.9. The summed E-state index contributed by atoms with van der Waals surface area (Å²) in [4.78, 5) is 24.1. The average molecular weight is 492 g/mol. The molecule has 0 radical (unpaired) electrons. The summed E-state index contributed by atoms with van der Waals surface area (Å²) in [5, 5.41) is 4.21. The molecule has 2 saturated heterocycles. The fourth-order valence-electron chi connectivity index (χ4n) is 4.72. The molecule has 4 rings (SSSR count). The number of rotatable bonds is 6. The molecule has 0 aliphatic carbocycles. The number of aromatic nitrogens is 1. The Labute approximate surface area is 208 Å². The number of carbonyl (C=O) groups excluding carboxylic acids is 1. The topological polar surface area (TPSA) is 51.7 Å². The van der Waals surface area contributed by atoms with Gasteiger partial charge in [-0.2, -0.15) is 0 Å². The number of piperazine rings is 1. The molecule has 1 amide bonds. The number of nitrogens with one attached hydrogen (secondary N) is 1. The molecule has 2 aliphatic heterocycles. The van der Waals surface area contributed by atoms with Crippen LogP contribution >= 0.6 is 23.2 Å². The molecule has 6 nitrogen and oxygen atoms in total. The van der Waals surface area contributed by atoms with Crippen molar-refractivity contribution < 1.29 is 6.22 Å². The normalized spacial score (nSPS) is 18.6. The van der Waals surface area contributed by atoms with Crippen LogP contribution in [0.4, 0.5) is 5.82 Å². The number of hydrogen-bond acceptors (Lipinski definition) is 5. The summed E-state index contributed by atoms with van der Waals surface area (Å²) in [7, 11) is 0. The van der Waals surface area contributed by atoms with Crippen molar-refractivity contribution in [3.05, 3.63) is 57.7 Å². The fourth-order valence-corrected chi connectivity index (χ4v) is 5.13. The van der Waals surface area contributed by atoms with Crippen LogP contribution in [0.2, 0.25) is 10.0 Å². The number of nitrogens with zero attached hydrogens (tertiary/aromatic N) is 4. The lowest BCUT2D eigenvalue weighted by atomic mass is 10.0. The maximum absolute atomic E-state index is 12.2. The molecular weight excluding hydrogens is 457 g/mol. The first-order valence-electron chi connectivity index (χ1n) is 11.8. The van der Waals surface area contributed by atoms with E-state index in [0.29, 0.717) is 16.6 Å². The van der Waals surface area contributed by atoms with Crippen molar-refractivity contribution in [1.82, 2.24) is 20.1 Å². The Bertz CT molecular complexity index is 943. The number of likely N-dealkylation sites (tertiary alicyclic amines) is 1. The Morgan fingerprint density at radius 1 is 1.09 bits per heavy atom. The van der Waals surface area contributed by atoms with E-state index in [2.05, 4.69) is 37.1 Å². The Morgan fingerprint density at radius 3 is 2.36 bits per heavy atom. The fraction of sp³-hybridized carbons (Fsp3) is 0.520. The molecule has 3 heterocycles. The summed E-state index contributed by atoms with van der Waals surface area (Å²) >= 11 is 12.5. The minimum Gasteiger partial charge on any atom is -0.353 e. The molecule has 1 aromatic heterocycles. The van der Waals surface area contributed by atoms with E-state index in [1.54, 1.807) is 12.3 Å². The number of amides is 1. The second-order valence-corrected chi connectivity index (χ2v) is 10.2. The molecular formula is C25H35Cl2N5O. The van der Waals surface area contributed by atoms with Crippen molar-refractivity contribution in [2.45, 2.75) is 45.3 Å². The Kier molecular flexibility index (Phi) is 8.12. The smallest absolute Gasteiger partial charge is 0.253 e. The van der Waals surface area contributed by atoms with Gasteiger partial charge in [0.05, 0.1) is 10.6 Å². The molecule has 2 aliphatic rings. The van der Waals surface area contributed by atoms with Gasteiger partial charge in [0, 0.05) is 57.5 Å². The third-order valence-electron chi connectivity index (χ3n) is 6.51. The third-order valence-corrected chi connectivity index (χ3v) is 7.04. The zero-order valence-corrected chi connectivity index (χ0v) is 20.9. The highest BCUT2D eigenvalue weighted by atomic mass is 35.5. The average Bonchev–Trinajstić information content (AvgIpc) is 2.81. The van der Waals surface area contributed by atoms with E-state index in [0.717, 1.165) is 56.7 Å². The molecule has 1 aromatic carbocycles. The van der Waals surface area contributed by atoms with Crippen LogP contribution in [0.3, 0.4) is 0 Å². The van der Waals surface area contributed by atoms with Crippen LogP contribution in [0.1, 0.15) is 44.0 Å². The molecule has 0 saturated carbocycles. The van der Waals surface area contributed by atoms with E-state index < -0.39 is 0 Å². The van der Waals surface area contributed by atoms with Gasteiger partial charge in [-0.05, 0) is 63.5 Å². The van der Waals surface area contributed by atoms with Gasteiger partial charge in [0.1, 0.15) is 5.82 Å². The summed E-state index contributed by atoms with van der Waals surface area (Å²) in [5.41, 5.74) is 1.82. The predicted octanol–water partition coefficient (Wildman–Crippen LogP) is 4.56. The van der Waals surface area contributed by atoms with E-state index in [9.17, 15) is 4.79 Å². The van der Waals surface area contributed by atoms with Crippen LogP contribution in [0.15, 0.2) is 36.5 Å². The van der Waals surface area contributed by atoms with Crippen LogP contribution < -0.4 is 10.2 Å². The van der Waals surface area contributed by atoms with E-state index in [1.807, 2.05) is 26.0 Å². The van der Waals surface area contributed by atoms with E-state index in [1.165, 1.54) is 18.4 Å². The second-order valence-electron chi connectivity index (χ2n) is 9.31. The summed E-state index contributed by atoms with van der Waals surface area (Å²) < 4.78 is 0. The molecule has 0 unspecified atom stereocenters. The van der Waals surface area contributed by atoms with Crippen molar-refractivity contribution in [2.75, 3.05) is 44.2 Å². The molecule has 1 N–H and O–H groups in total. The Hall–Kier alpha value is -1.86. The number of carbonyl (C=O) groups is 1. The molecule has 0 bridgehead atoms. The first-order chi connectivity index (χ1) is 15.9. The van der Waals surface area contributed by atoms with E-state index >= 15 is 0 Å². The standard InChI is InChI=1S/C25H33Cl2N5O.H2/c1-18(2)29-25(33)20-15-23(27)24(28-16-20)32-13-11-31(12-14-32)22-7-9-30(10-8-22)17-19-3-5-21(26)6-4-19;/h3-6,15-16,18,22H,7-14,17H2,1-2H3,(H,29,33);1H. The number of hydrogen-bond donors (Lipinski definition) is 1. The van der Waals surface area contributed by atoms with Crippen molar-refractivity contribution >= 4 is 34.9 Å². The lowest BCUT2D eigenvalue weighted by Crippen LogP contribution is -2.53. The zero-order valence-electron chi connectivity index (χ0n) is 19.4. The lowest BCUT2D eigenvalue weighted by Gasteiger charge is -2.43. The predicted molar refractivity (Wildman–Crippen MR) is 138 cm³/mol. The molecule has 2 fully saturated rings. The minimum atomic E-state index is -0.141. The van der Waals surface area contributed by atoms with Crippen LogP contribution in [0, 0.1) is 0 Å². The van der Waals surface area contributed by atoms with Crippen molar-refractivity contribution in [3.8, 4) is 0 Å². The lowest BCUT2D eigenvalue weighted by molar-refractivity contribution is 0.0942. The number of piperidine rings is 1. The van der Waals surface area contributed by atoms with Crippen LogP contribution in [0.5, 0.6) is 0 Å². The first-order valence-corrected chi connectivity index (χ1v) is 12.6. The largest absolute Gasteiger partial charge is 0.353 e. The number of anilines is 1. The number of halogens is 2. The van der Waals surface area contributed by atoms with Gasteiger partial charge in [0.15, 0.2) is 0 Å². The SMILES string of the molecule is CC(C)NC(=O)c1cnc(N2CCN(C3CCN(Cc4ccc(Cl)cc4)CC3)CC2)c(Cl)c1.[HH]. The van der Waals surface area contributed by atoms with Crippen molar-refractivity contribution in [1.29, 1.82) is 0 Å². The van der Waals surface area contributed by atoms with Gasteiger partial charge in [0.25, 0.3) is 5.91 Å². The van der Waals surface area contributed by atoms with Crippen LogP contribution in [-0.2, 0) is 6.54 Å². The molecule has 0 spiro atoms. The van der Waals surface area contributed by atoms with Gasteiger partial charge in [0.2, 0.25) is 0 Å². The van der Waals surface area contributed by atoms with Crippen LogP contribution in [0.25, 0.3) is 0 Å². The van der Waals surface area contributed by atoms with E-state index in [4.69, 9.17) is 23.2 Å². The van der Waals surface area contributed by atoms with Gasteiger partial charge in [-0.1, -0.05) is 35.3 Å². The summed E-state index contributed by atoms with van der Waals surface area (Å²) in [6, 6.07) is 10.6. The van der Waals surface area contributed by atoms with Crippen LogP contribution in [-0.4, -0.2) is 72.0 Å². The monoisotopic (exact) mass is 491 g/mol. The van der Waals surface area contributed by atoms with Gasteiger partial charge in [-0.3, -0.25) is 14.6 Å². The molecule has 0 atom stereocenters. The maximum atomic E-state index is 12.2. The summed E-state index contributed by atoms with van der Waals surface area (Å²) in [5.74, 6) is 0.633. The maximum Gasteiger partial charge on any atom is 0.253 e. The van der Waals surface area contributed by atoms with Crippen molar-refractivity contribution in [2.24, 2.45) is 0 Å². The Balaban J connectivity index is 0.00000324. The van der Waals surface area contributed by atoms with Gasteiger partial charge < -0.3 is 10.2 Å². The number of pyridine rings is 1. The van der Waals surface area contributed by atoms with E-state index in [-0.39, 0.29) is 13.4 Å². The van der Waals surface area contributed by atoms with Gasteiger partial charge >= 0.3 is 0 Å². The quantitative estimate of drug-likeness (QED) is 0.641. The molecule has 2 aromatic rings. The highest BCUT2D eigenvalue weighted by Gasteiger charge is 2.28. The molecule has 33 heavy (non-hydrogen) atoms. The molecule has 8 heteroatoms. The second kappa shape index (κ2) is 11.0. The van der Waals surface area contributed by atoms with Crippen molar-refractivity contribution in [3.63, 3.8) is 0 Å². The zero-order chi connectivity index (χ0) is 23.4. The number of benzene rings is 1. The highest BCUT2D eigenvalue weighted by Crippen LogP contribution is 2.27. The van der Waals surface area contributed by atoms with Gasteiger partial charge in [-0.15, -0.1) is 0 Å². The Morgan fingerprint density at radius 2 is 1.76 bits per heavy atom. The summed E-state index contributed by atoms with van der Waals surface area (Å²) in [6.07, 6.45) is 4.03. The first kappa shape index (κ1) is 24.3. The van der Waals surface area contributed by atoms with Gasteiger partial charge in [-0.25, -0.2) is 4.98 Å². The molecule has 180 valence electrons. The minimum absolute atomic E-state index is 0. The third kappa shape index (κ3) is 6.38.